The Morgan fingerprint density at radius 1 is 0.846 bits per heavy atom. The van der Waals surface area contributed by atoms with Gasteiger partial charge in [0.15, 0.2) is 0 Å². The van der Waals surface area contributed by atoms with Gasteiger partial charge in [0.2, 0.25) is 0 Å². The number of hydrogen-bond donors (Lipinski definition) is 0. The van der Waals surface area contributed by atoms with Gasteiger partial charge in [0.1, 0.15) is 0 Å². The van der Waals surface area contributed by atoms with Crippen molar-refractivity contribution in [2.75, 3.05) is 19.6 Å². The molecule has 0 atom stereocenters. The Bertz CT molecular complexity index is 102. The van der Waals surface area contributed by atoms with Crippen LogP contribution in [0.25, 0.3) is 0 Å². The summed E-state index contributed by atoms with van der Waals surface area (Å²) in [5.74, 6) is 0. The molecule has 1 rings (SSSR count). The van der Waals surface area contributed by atoms with Gasteiger partial charge in [-0.05, 0) is 38.9 Å². The molecule has 0 aromatic rings. The molecule has 1 heterocycles. The summed E-state index contributed by atoms with van der Waals surface area (Å²) >= 11 is 0. The quantitative estimate of drug-likeness (QED) is 0.648. The molecule has 0 aromatic heterocycles. The van der Waals surface area contributed by atoms with E-state index in [-0.39, 0.29) is 0 Å². The molecule has 0 aromatic carbocycles. The molecule has 0 saturated carbocycles. The first-order valence-electron chi connectivity index (χ1n) is 6.16. The number of hydrogen-bond acceptors (Lipinski definition) is 1. The normalized spacial score (nSPS) is 21.9. The van der Waals surface area contributed by atoms with Gasteiger partial charge in [0.25, 0.3) is 0 Å². The van der Waals surface area contributed by atoms with Crippen molar-refractivity contribution in [3.05, 3.63) is 0 Å². The van der Waals surface area contributed by atoms with Crippen LogP contribution in [0.15, 0.2) is 0 Å². The molecule has 0 N–H and O–H groups in total. The number of nitrogens with zero attached hydrogens (tertiary/aromatic N) is 1. The van der Waals surface area contributed by atoms with Crippen LogP contribution in [0.2, 0.25) is 0 Å². The summed E-state index contributed by atoms with van der Waals surface area (Å²) in [6.07, 6.45) is 11.5. The van der Waals surface area contributed by atoms with E-state index in [1.807, 2.05) is 0 Å². The molecule has 1 heteroatoms. The van der Waals surface area contributed by atoms with Gasteiger partial charge in [-0.15, -0.1) is 0 Å². The maximum Gasteiger partial charge on any atom is -0.00187 e. The Morgan fingerprint density at radius 2 is 1.38 bits per heavy atom. The molecule has 1 saturated heterocycles. The monoisotopic (exact) mass is 183 g/mol. The van der Waals surface area contributed by atoms with Crippen molar-refractivity contribution >= 4 is 0 Å². The zero-order valence-corrected chi connectivity index (χ0v) is 9.23. The molecule has 0 spiro atoms. The van der Waals surface area contributed by atoms with Gasteiger partial charge >= 0.3 is 0 Å². The van der Waals surface area contributed by atoms with E-state index >= 15 is 0 Å². The first-order valence-corrected chi connectivity index (χ1v) is 6.16. The first kappa shape index (κ1) is 11.0. The lowest BCUT2D eigenvalue weighted by Crippen LogP contribution is -2.26. The minimum Gasteiger partial charge on any atom is -0.303 e. The highest BCUT2D eigenvalue weighted by Crippen LogP contribution is 2.11. The maximum atomic E-state index is 2.68. The summed E-state index contributed by atoms with van der Waals surface area (Å²) in [6.45, 7) is 6.35. The molecule has 13 heavy (non-hydrogen) atoms. The molecule has 0 aliphatic carbocycles. The minimum atomic E-state index is 1.34. The number of rotatable bonds is 3. The molecule has 1 fully saturated rings. The molecular weight excluding hydrogens is 158 g/mol. The van der Waals surface area contributed by atoms with Crippen molar-refractivity contribution in [3.63, 3.8) is 0 Å². The van der Waals surface area contributed by atoms with Crippen LogP contribution in [-0.4, -0.2) is 24.5 Å². The van der Waals surface area contributed by atoms with E-state index in [9.17, 15) is 0 Å². The van der Waals surface area contributed by atoms with Gasteiger partial charge in [-0.2, -0.15) is 0 Å². The van der Waals surface area contributed by atoms with E-state index < -0.39 is 0 Å². The summed E-state index contributed by atoms with van der Waals surface area (Å²) in [7, 11) is 0. The molecule has 0 amide bonds. The van der Waals surface area contributed by atoms with E-state index in [0.29, 0.717) is 0 Å². The summed E-state index contributed by atoms with van der Waals surface area (Å²) < 4.78 is 0. The summed E-state index contributed by atoms with van der Waals surface area (Å²) in [5, 5.41) is 0. The van der Waals surface area contributed by atoms with Crippen LogP contribution in [0.4, 0.5) is 0 Å². The second-order valence-electron chi connectivity index (χ2n) is 4.32. The predicted molar refractivity (Wildman–Crippen MR) is 59.1 cm³/mol. The highest BCUT2D eigenvalue weighted by atomic mass is 15.1. The fourth-order valence-electron chi connectivity index (χ4n) is 2.10. The minimum absolute atomic E-state index is 1.34. The van der Waals surface area contributed by atoms with Crippen LogP contribution in [-0.2, 0) is 0 Å². The summed E-state index contributed by atoms with van der Waals surface area (Å²) in [6, 6.07) is 0. The largest absolute Gasteiger partial charge is 0.303 e. The Morgan fingerprint density at radius 3 is 1.92 bits per heavy atom. The Kier molecular flexibility index (Phi) is 6.26. The molecule has 78 valence electrons. The third-order valence-electron chi connectivity index (χ3n) is 3.03. The second-order valence-corrected chi connectivity index (χ2v) is 4.32. The lowest BCUT2D eigenvalue weighted by molar-refractivity contribution is 0.264. The smallest absolute Gasteiger partial charge is 0.00187 e. The van der Waals surface area contributed by atoms with Crippen molar-refractivity contribution < 1.29 is 0 Å². The molecule has 0 unspecified atom stereocenters. The summed E-state index contributed by atoms with van der Waals surface area (Å²) in [5.41, 5.74) is 0. The Balaban J connectivity index is 2.16. The summed E-state index contributed by atoms with van der Waals surface area (Å²) in [4.78, 5) is 2.68. The number of unbranched alkanes of at least 4 members (excludes halogenated alkanes) is 1. The van der Waals surface area contributed by atoms with Crippen LogP contribution in [0.1, 0.15) is 58.3 Å². The molecule has 1 aliphatic heterocycles. The Hall–Kier alpha value is -0.0400. The van der Waals surface area contributed by atoms with Crippen molar-refractivity contribution in [1.82, 2.24) is 4.90 Å². The van der Waals surface area contributed by atoms with Crippen LogP contribution >= 0.6 is 0 Å². The molecular formula is C12H25N. The van der Waals surface area contributed by atoms with Crippen LogP contribution in [0, 0.1) is 0 Å². The molecule has 0 radical (unpaired) electrons. The van der Waals surface area contributed by atoms with E-state index in [1.165, 1.54) is 71.0 Å². The van der Waals surface area contributed by atoms with Gasteiger partial charge < -0.3 is 4.90 Å². The SMILES string of the molecule is CCCCN1CCCCCCCC1. The second kappa shape index (κ2) is 7.37. The van der Waals surface area contributed by atoms with Crippen molar-refractivity contribution in [2.24, 2.45) is 0 Å². The highest BCUT2D eigenvalue weighted by molar-refractivity contribution is 4.61. The molecule has 0 bridgehead atoms. The zero-order valence-electron chi connectivity index (χ0n) is 9.23. The average molecular weight is 183 g/mol. The predicted octanol–water partition coefficient (Wildman–Crippen LogP) is 3.44. The maximum absolute atomic E-state index is 2.68. The molecule has 1 aliphatic rings. The fourth-order valence-corrected chi connectivity index (χ4v) is 2.10. The molecule has 1 nitrogen and oxygen atoms in total. The van der Waals surface area contributed by atoms with Crippen LogP contribution in [0.5, 0.6) is 0 Å². The van der Waals surface area contributed by atoms with Crippen molar-refractivity contribution in [3.8, 4) is 0 Å². The van der Waals surface area contributed by atoms with Crippen LogP contribution < -0.4 is 0 Å². The third-order valence-corrected chi connectivity index (χ3v) is 3.03. The van der Waals surface area contributed by atoms with Gasteiger partial charge in [-0.3, -0.25) is 0 Å². The zero-order chi connectivity index (χ0) is 9.36. The van der Waals surface area contributed by atoms with E-state index in [2.05, 4.69) is 11.8 Å². The Labute approximate surface area is 83.5 Å². The van der Waals surface area contributed by atoms with Gasteiger partial charge in [0, 0.05) is 0 Å². The topological polar surface area (TPSA) is 3.24 Å². The lowest BCUT2D eigenvalue weighted by Gasteiger charge is -2.20. The highest BCUT2D eigenvalue weighted by Gasteiger charge is 2.05. The fraction of sp³-hybridized carbons (Fsp3) is 1.00. The first-order chi connectivity index (χ1) is 6.43. The van der Waals surface area contributed by atoms with E-state index in [4.69, 9.17) is 0 Å². The lowest BCUT2D eigenvalue weighted by atomic mass is 10.1. The van der Waals surface area contributed by atoms with Gasteiger partial charge in [-0.25, -0.2) is 0 Å². The van der Waals surface area contributed by atoms with Crippen molar-refractivity contribution in [1.29, 1.82) is 0 Å². The van der Waals surface area contributed by atoms with Crippen molar-refractivity contribution in [2.45, 2.75) is 58.3 Å². The van der Waals surface area contributed by atoms with Gasteiger partial charge in [-0.1, -0.05) is 39.0 Å². The van der Waals surface area contributed by atoms with Crippen LogP contribution in [0.3, 0.4) is 0 Å². The van der Waals surface area contributed by atoms with E-state index in [1.54, 1.807) is 0 Å². The van der Waals surface area contributed by atoms with E-state index in [0.717, 1.165) is 0 Å². The van der Waals surface area contributed by atoms with Gasteiger partial charge in [0.05, 0.1) is 0 Å². The average Bonchev–Trinajstić information content (AvgIpc) is 2.28. The third kappa shape index (κ3) is 5.30. The standard InChI is InChI=1S/C12H25N/c1-2-3-10-13-11-8-6-4-5-7-9-12-13/h2-12H2,1H3.